The minimum Gasteiger partial charge on any atom is -0.378 e. The van der Waals surface area contributed by atoms with Crippen molar-refractivity contribution >= 4 is 36.0 Å². The molecule has 4 aliphatic heterocycles. The molecule has 1 unspecified atom stereocenters. The number of anilines is 3. The predicted molar refractivity (Wildman–Crippen MR) is 142 cm³/mol. The number of hydrogen-bond acceptors (Lipinski definition) is 10. The van der Waals surface area contributed by atoms with Crippen molar-refractivity contribution in [1.29, 1.82) is 0 Å². The molecule has 12 heteroatoms. The predicted octanol–water partition coefficient (Wildman–Crippen LogP) is 1.70. The van der Waals surface area contributed by atoms with E-state index in [9.17, 15) is 4.79 Å². The van der Waals surface area contributed by atoms with Gasteiger partial charge < -0.3 is 29.9 Å². The molecule has 4 aliphatic rings. The van der Waals surface area contributed by atoms with Gasteiger partial charge in [-0.15, -0.1) is 12.4 Å². The number of halogens is 1. The molecule has 200 valence electrons. The number of amides is 1. The lowest BCUT2D eigenvalue weighted by Gasteiger charge is -2.38. The zero-order valence-corrected chi connectivity index (χ0v) is 22.3. The van der Waals surface area contributed by atoms with Gasteiger partial charge in [0.05, 0.1) is 24.4 Å². The quantitative estimate of drug-likeness (QED) is 0.624. The highest BCUT2D eigenvalue weighted by Crippen LogP contribution is 2.42. The summed E-state index contributed by atoms with van der Waals surface area (Å²) in [5.41, 5.74) is 7.62. The lowest BCUT2D eigenvalue weighted by atomic mass is 9.98. The molecule has 3 saturated heterocycles. The molecular weight excluding hydrogens is 496 g/mol. The first-order chi connectivity index (χ1) is 17.4. The summed E-state index contributed by atoms with van der Waals surface area (Å²) in [5.74, 6) is 1.98. The molecule has 0 saturated carbocycles. The van der Waals surface area contributed by atoms with Crippen molar-refractivity contribution in [2.45, 2.75) is 50.7 Å². The van der Waals surface area contributed by atoms with Crippen LogP contribution in [0.4, 0.5) is 17.7 Å². The number of likely N-dealkylation sites (tertiary alicyclic amines) is 1. The van der Waals surface area contributed by atoms with E-state index >= 15 is 0 Å². The van der Waals surface area contributed by atoms with E-state index in [4.69, 9.17) is 25.2 Å². The Labute approximate surface area is 223 Å². The number of aromatic nitrogens is 4. The number of ether oxygens (including phenoxy) is 2. The summed E-state index contributed by atoms with van der Waals surface area (Å²) < 4.78 is 11.4. The van der Waals surface area contributed by atoms with Crippen molar-refractivity contribution in [3.8, 4) is 11.3 Å². The van der Waals surface area contributed by atoms with Gasteiger partial charge in [-0.1, -0.05) is 0 Å². The van der Waals surface area contributed by atoms with Gasteiger partial charge in [0.2, 0.25) is 11.9 Å². The molecule has 0 aliphatic carbocycles. The number of fused-ring (bicyclic) bond motifs is 1. The highest BCUT2D eigenvalue weighted by molar-refractivity contribution is 5.86. The summed E-state index contributed by atoms with van der Waals surface area (Å²) in [6.45, 7) is 9.84. The first-order valence-electron chi connectivity index (χ1n) is 12.9. The number of nitrogens with two attached hydrogens (primary N) is 1. The van der Waals surface area contributed by atoms with Crippen LogP contribution in [0.5, 0.6) is 0 Å². The van der Waals surface area contributed by atoms with E-state index in [1.54, 1.807) is 12.4 Å². The van der Waals surface area contributed by atoms with Gasteiger partial charge >= 0.3 is 0 Å². The Morgan fingerprint density at radius 2 is 1.78 bits per heavy atom. The van der Waals surface area contributed by atoms with E-state index in [0.29, 0.717) is 32.3 Å². The standard InChI is InChI=1S/C25H34N8O3.ClH/c1-24(6-8-32(16-24)21(34)25(2)5-3-11-36-25)33-7-4-18-19(17-14-27-22(26)28-15-17)29-23(30-20(18)33)31-9-12-35-13-10-31;/h14-15H,3-13,16H2,1-2H3,(H2,26,27,28);1H/t24-,25?;/m0./s1. The number of hydrogen-bond donors (Lipinski definition) is 1. The van der Waals surface area contributed by atoms with Crippen molar-refractivity contribution in [1.82, 2.24) is 24.8 Å². The number of rotatable bonds is 4. The summed E-state index contributed by atoms with van der Waals surface area (Å²) >= 11 is 0. The average molecular weight is 531 g/mol. The molecule has 6 rings (SSSR count). The highest BCUT2D eigenvalue weighted by atomic mass is 35.5. The third-order valence-electron chi connectivity index (χ3n) is 8.12. The Morgan fingerprint density at radius 3 is 2.49 bits per heavy atom. The summed E-state index contributed by atoms with van der Waals surface area (Å²) in [4.78, 5) is 38.4. The van der Waals surface area contributed by atoms with E-state index in [1.165, 1.54) is 0 Å². The second-order valence-corrected chi connectivity index (χ2v) is 10.7. The van der Waals surface area contributed by atoms with Gasteiger partial charge in [0.25, 0.3) is 5.91 Å². The third-order valence-corrected chi connectivity index (χ3v) is 8.12. The van der Waals surface area contributed by atoms with Crippen LogP contribution in [-0.4, -0.2) is 94.4 Å². The number of carbonyl (C=O) groups is 1. The van der Waals surface area contributed by atoms with Gasteiger partial charge in [-0.3, -0.25) is 4.79 Å². The topological polar surface area (TPSA) is 123 Å². The smallest absolute Gasteiger partial charge is 0.254 e. The summed E-state index contributed by atoms with van der Waals surface area (Å²) in [5, 5.41) is 0. The van der Waals surface area contributed by atoms with Gasteiger partial charge in [0.15, 0.2) is 0 Å². The Hall–Kier alpha value is -2.76. The van der Waals surface area contributed by atoms with E-state index in [1.807, 2.05) is 11.8 Å². The Balaban J connectivity index is 0.00000280. The van der Waals surface area contributed by atoms with Crippen LogP contribution in [0, 0.1) is 0 Å². The molecule has 2 aromatic heterocycles. The fourth-order valence-electron chi connectivity index (χ4n) is 5.99. The normalized spacial score (nSPS) is 27.4. The third kappa shape index (κ3) is 4.57. The van der Waals surface area contributed by atoms with Crippen molar-refractivity contribution in [3.05, 3.63) is 18.0 Å². The molecule has 0 bridgehead atoms. The van der Waals surface area contributed by atoms with Crippen LogP contribution in [0.1, 0.15) is 38.7 Å². The second kappa shape index (κ2) is 9.85. The number of nitrogens with zero attached hydrogens (tertiary/aromatic N) is 7. The van der Waals surface area contributed by atoms with E-state index in [-0.39, 0.29) is 29.8 Å². The molecule has 6 heterocycles. The first-order valence-corrected chi connectivity index (χ1v) is 12.9. The summed E-state index contributed by atoms with van der Waals surface area (Å²) in [7, 11) is 0. The van der Waals surface area contributed by atoms with Crippen LogP contribution in [0.15, 0.2) is 12.4 Å². The summed E-state index contributed by atoms with van der Waals surface area (Å²) in [6, 6.07) is 0. The molecule has 11 nitrogen and oxygen atoms in total. The van der Waals surface area contributed by atoms with Crippen LogP contribution in [0.2, 0.25) is 0 Å². The van der Waals surface area contributed by atoms with E-state index in [2.05, 4.69) is 26.7 Å². The molecule has 37 heavy (non-hydrogen) atoms. The molecule has 0 spiro atoms. The molecule has 2 N–H and O–H groups in total. The fraction of sp³-hybridized carbons (Fsp3) is 0.640. The monoisotopic (exact) mass is 530 g/mol. The van der Waals surface area contributed by atoms with Crippen LogP contribution < -0.4 is 15.5 Å². The number of carbonyl (C=O) groups excluding carboxylic acids is 1. The lowest BCUT2D eigenvalue weighted by molar-refractivity contribution is -0.150. The van der Waals surface area contributed by atoms with Crippen molar-refractivity contribution in [2.75, 3.05) is 68.1 Å². The maximum absolute atomic E-state index is 13.4. The largest absolute Gasteiger partial charge is 0.378 e. The number of nitrogen functional groups attached to an aromatic ring is 1. The highest BCUT2D eigenvalue weighted by Gasteiger charge is 2.49. The first kappa shape index (κ1) is 25.9. The van der Waals surface area contributed by atoms with Gasteiger partial charge in [-0.25, -0.2) is 15.0 Å². The van der Waals surface area contributed by atoms with Crippen molar-refractivity contribution in [3.63, 3.8) is 0 Å². The van der Waals surface area contributed by atoms with E-state index < -0.39 is 5.60 Å². The molecular formula is C25H35ClN8O3. The second-order valence-electron chi connectivity index (χ2n) is 10.7. The molecule has 2 atom stereocenters. The number of morpholine rings is 1. The van der Waals surface area contributed by atoms with Crippen LogP contribution in [0.3, 0.4) is 0 Å². The van der Waals surface area contributed by atoms with Crippen LogP contribution >= 0.6 is 12.4 Å². The van der Waals surface area contributed by atoms with Gasteiger partial charge in [0, 0.05) is 62.9 Å². The molecule has 0 radical (unpaired) electrons. The average Bonchev–Trinajstić information content (AvgIpc) is 3.63. The maximum atomic E-state index is 13.4. The zero-order chi connectivity index (χ0) is 24.9. The van der Waals surface area contributed by atoms with Gasteiger partial charge in [-0.05, 0) is 39.5 Å². The van der Waals surface area contributed by atoms with Gasteiger partial charge in [0.1, 0.15) is 11.4 Å². The minimum absolute atomic E-state index is 0. The summed E-state index contributed by atoms with van der Waals surface area (Å²) in [6.07, 6.45) is 6.89. The molecule has 3 fully saturated rings. The van der Waals surface area contributed by atoms with Gasteiger partial charge in [-0.2, -0.15) is 4.98 Å². The van der Waals surface area contributed by atoms with Crippen LogP contribution in [-0.2, 0) is 20.7 Å². The Kier molecular flexibility index (Phi) is 6.88. The maximum Gasteiger partial charge on any atom is 0.254 e. The fourth-order valence-corrected chi connectivity index (χ4v) is 5.99. The lowest BCUT2D eigenvalue weighted by Crippen LogP contribution is -2.51. The van der Waals surface area contributed by atoms with E-state index in [0.717, 1.165) is 74.5 Å². The van der Waals surface area contributed by atoms with Crippen LogP contribution in [0.25, 0.3) is 11.3 Å². The zero-order valence-electron chi connectivity index (χ0n) is 21.5. The Morgan fingerprint density at radius 1 is 1.03 bits per heavy atom. The molecule has 0 aromatic carbocycles. The SMILES string of the molecule is CC1(C(=O)N2CC[C@](C)(N3CCc4c(-c5cnc(N)nc5)nc(N5CCOCC5)nc43)C2)CCCO1.Cl. The minimum atomic E-state index is -0.692. The molecule has 2 aromatic rings. The van der Waals surface area contributed by atoms with Crippen molar-refractivity contribution < 1.29 is 14.3 Å². The van der Waals surface area contributed by atoms with Crippen molar-refractivity contribution in [2.24, 2.45) is 0 Å². The molecule has 1 amide bonds. The Bertz CT molecular complexity index is 1150.